The van der Waals surface area contributed by atoms with Gasteiger partial charge in [-0.05, 0) is 48.9 Å². The molecule has 0 N–H and O–H groups in total. The van der Waals surface area contributed by atoms with Crippen LogP contribution in [0.4, 0.5) is 5.95 Å². The van der Waals surface area contributed by atoms with E-state index < -0.39 is 0 Å². The van der Waals surface area contributed by atoms with Crippen molar-refractivity contribution < 1.29 is 0 Å². The van der Waals surface area contributed by atoms with Gasteiger partial charge in [0.25, 0.3) is 0 Å². The number of halogens is 1. The van der Waals surface area contributed by atoms with Gasteiger partial charge in [-0.2, -0.15) is 0 Å². The van der Waals surface area contributed by atoms with Crippen LogP contribution in [0.2, 0.25) is 0 Å². The summed E-state index contributed by atoms with van der Waals surface area (Å²) in [5, 5.41) is 0. The molecule has 2 atom stereocenters. The Morgan fingerprint density at radius 1 is 1.22 bits per heavy atom. The summed E-state index contributed by atoms with van der Waals surface area (Å²) in [5.74, 6) is 0.896. The molecular formula is C13H19IN4. The minimum absolute atomic E-state index is 0.513. The van der Waals surface area contributed by atoms with Crippen molar-refractivity contribution in [2.45, 2.75) is 38.3 Å². The van der Waals surface area contributed by atoms with Crippen LogP contribution in [0.25, 0.3) is 0 Å². The van der Waals surface area contributed by atoms with Crippen LogP contribution in [0, 0.1) is 3.57 Å². The molecule has 5 heteroatoms. The zero-order valence-electron chi connectivity index (χ0n) is 10.7. The predicted octanol–water partition coefficient (Wildman–Crippen LogP) is 2.14. The maximum absolute atomic E-state index is 4.48. The Hall–Kier alpha value is -0.430. The third-order valence-corrected chi connectivity index (χ3v) is 4.61. The molecule has 0 bridgehead atoms. The topological polar surface area (TPSA) is 32.3 Å². The van der Waals surface area contributed by atoms with Crippen LogP contribution in [-0.4, -0.2) is 46.6 Å². The normalized spacial score (nSPS) is 29.1. The van der Waals surface area contributed by atoms with Crippen molar-refractivity contribution in [3.63, 3.8) is 0 Å². The van der Waals surface area contributed by atoms with E-state index in [-0.39, 0.29) is 0 Å². The molecule has 2 fully saturated rings. The first kappa shape index (κ1) is 12.6. The van der Waals surface area contributed by atoms with E-state index in [1.54, 1.807) is 0 Å². The van der Waals surface area contributed by atoms with Gasteiger partial charge in [0.15, 0.2) is 0 Å². The number of nitrogens with zero attached hydrogens (tertiary/aromatic N) is 4. The average molecular weight is 358 g/mol. The molecule has 0 saturated carbocycles. The van der Waals surface area contributed by atoms with E-state index in [2.05, 4.69) is 49.3 Å². The fourth-order valence-electron chi connectivity index (χ4n) is 3.08. The molecule has 0 aromatic carbocycles. The van der Waals surface area contributed by atoms with Crippen LogP contribution in [0.3, 0.4) is 0 Å². The van der Waals surface area contributed by atoms with Crippen molar-refractivity contribution in [2.75, 3.05) is 24.5 Å². The lowest BCUT2D eigenvalue weighted by atomic mass is 9.97. The lowest BCUT2D eigenvalue weighted by Crippen LogP contribution is -2.59. The van der Waals surface area contributed by atoms with E-state index in [0.717, 1.165) is 22.6 Å². The molecule has 2 saturated heterocycles. The Morgan fingerprint density at radius 3 is 2.78 bits per heavy atom. The third kappa shape index (κ3) is 2.47. The van der Waals surface area contributed by atoms with Crippen molar-refractivity contribution in [2.24, 2.45) is 0 Å². The quantitative estimate of drug-likeness (QED) is 0.721. The average Bonchev–Trinajstić information content (AvgIpc) is 2.39. The largest absolute Gasteiger partial charge is 0.335 e. The van der Waals surface area contributed by atoms with Crippen molar-refractivity contribution in [1.82, 2.24) is 14.9 Å². The molecule has 3 rings (SSSR count). The smallest absolute Gasteiger partial charge is 0.225 e. The summed E-state index contributed by atoms with van der Waals surface area (Å²) >= 11 is 2.25. The molecule has 3 heterocycles. The standard InChI is InChI=1S/C13H19IN4/c1-10-8-17-5-3-2-4-12(17)9-18(10)13-15-6-11(14)7-16-13/h6-7,10,12H,2-5,8-9H2,1H3. The Morgan fingerprint density at radius 2 is 2.00 bits per heavy atom. The summed E-state index contributed by atoms with van der Waals surface area (Å²) in [6.45, 7) is 5.80. The molecule has 2 unspecified atom stereocenters. The van der Waals surface area contributed by atoms with E-state index in [4.69, 9.17) is 0 Å². The fraction of sp³-hybridized carbons (Fsp3) is 0.692. The SMILES string of the molecule is CC1CN2CCCCC2CN1c1ncc(I)cn1. The minimum atomic E-state index is 0.513. The molecule has 98 valence electrons. The molecule has 18 heavy (non-hydrogen) atoms. The van der Waals surface area contributed by atoms with Crippen LogP contribution in [0.15, 0.2) is 12.4 Å². The molecule has 0 radical (unpaired) electrons. The summed E-state index contributed by atoms with van der Waals surface area (Å²) in [6.07, 6.45) is 7.87. The van der Waals surface area contributed by atoms with Gasteiger partial charge in [-0.1, -0.05) is 6.42 Å². The number of rotatable bonds is 1. The zero-order valence-corrected chi connectivity index (χ0v) is 12.9. The van der Waals surface area contributed by atoms with E-state index >= 15 is 0 Å². The monoisotopic (exact) mass is 358 g/mol. The Bertz CT molecular complexity index is 408. The Balaban J connectivity index is 1.77. The van der Waals surface area contributed by atoms with Gasteiger partial charge in [0.1, 0.15) is 0 Å². The van der Waals surface area contributed by atoms with E-state index in [1.807, 2.05) is 12.4 Å². The summed E-state index contributed by atoms with van der Waals surface area (Å²) in [6, 6.07) is 1.22. The Labute approximate surface area is 122 Å². The van der Waals surface area contributed by atoms with Crippen LogP contribution in [0.1, 0.15) is 26.2 Å². The molecule has 0 amide bonds. The highest BCUT2D eigenvalue weighted by Crippen LogP contribution is 2.26. The highest BCUT2D eigenvalue weighted by Gasteiger charge is 2.33. The number of hydrogen-bond donors (Lipinski definition) is 0. The molecule has 1 aromatic rings. The number of anilines is 1. The van der Waals surface area contributed by atoms with Crippen molar-refractivity contribution in [3.05, 3.63) is 16.0 Å². The number of piperazine rings is 1. The number of piperidine rings is 1. The van der Waals surface area contributed by atoms with Gasteiger partial charge in [-0.3, -0.25) is 4.90 Å². The second-order valence-electron chi connectivity index (χ2n) is 5.35. The van der Waals surface area contributed by atoms with Crippen LogP contribution >= 0.6 is 22.6 Å². The lowest BCUT2D eigenvalue weighted by molar-refractivity contribution is 0.115. The fourth-order valence-corrected chi connectivity index (χ4v) is 3.36. The highest BCUT2D eigenvalue weighted by molar-refractivity contribution is 14.1. The van der Waals surface area contributed by atoms with Gasteiger partial charge in [0, 0.05) is 41.1 Å². The Kier molecular flexibility index (Phi) is 3.70. The highest BCUT2D eigenvalue weighted by atomic mass is 127. The van der Waals surface area contributed by atoms with Gasteiger partial charge < -0.3 is 4.90 Å². The maximum Gasteiger partial charge on any atom is 0.225 e. The van der Waals surface area contributed by atoms with E-state index in [0.29, 0.717) is 12.1 Å². The van der Waals surface area contributed by atoms with E-state index in [9.17, 15) is 0 Å². The molecule has 2 aliphatic heterocycles. The summed E-state index contributed by atoms with van der Waals surface area (Å²) in [4.78, 5) is 14.0. The van der Waals surface area contributed by atoms with Crippen molar-refractivity contribution in [1.29, 1.82) is 0 Å². The molecule has 1 aromatic heterocycles. The number of hydrogen-bond acceptors (Lipinski definition) is 4. The second kappa shape index (κ2) is 5.28. The second-order valence-corrected chi connectivity index (χ2v) is 6.59. The van der Waals surface area contributed by atoms with Crippen molar-refractivity contribution in [3.8, 4) is 0 Å². The molecule has 2 aliphatic rings. The first-order chi connectivity index (χ1) is 8.74. The minimum Gasteiger partial charge on any atom is -0.335 e. The van der Waals surface area contributed by atoms with E-state index in [1.165, 1.54) is 25.8 Å². The maximum atomic E-state index is 4.48. The van der Waals surface area contributed by atoms with Gasteiger partial charge in [-0.25, -0.2) is 9.97 Å². The summed E-state index contributed by atoms with van der Waals surface area (Å²) in [7, 11) is 0. The molecular weight excluding hydrogens is 339 g/mol. The molecule has 0 aliphatic carbocycles. The van der Waals surface area contributed by atoms with Gasteiger partial charge in [-0.15, -0.1) is 0 Å². The number of aromatic nitrogens is 2. The summed E-state index contributed by atoms with van der Waals surface area (Å²) < 4.78 is 1.10. The lowest BCUT2D eigenvalue weighted by Gasteiger charge is -2.47. The number of fused-ring (bicyclic) bond motifs is 1. The van der Waals surface area contributed by atoms with Gasteiger partial charge in [0.2, 0.25) is 5.95 Å². The predicted molar refractivity (Wildman–Crippen MR) is 80.8 cm³/mol. The molecule has 4 nitrogen and oxygen atoms in total. The first-order valence-corrected chi connectivity index (χ1v) is 7.80. The summed E-state index contributed by atoms with van der Waals surface area (Å²) in [5.41, 5.74) is 0. The third-order valence-electron chi connectivity index (χ3n) is 4.05. The molecule has 0 spiro atoms. The first-order valence-electron chi connectivity index (χ1n) is 6.72. The van der Waals surface area contributed by atoms with Crippen LogP contribution in [0.5, 0.6) is 0 Å². The van der Waals surface area contributed by atoms with Crippen molar-refractivity contribution >= 4 is 28.5 Å². The van der Waals surface area contributed by atoms with Crippen LogP contribution in [-0.2, 0) is 0 Å². The zero-order chi connectivity index (χ0) is 12.5. The van der Waals surface area contributed by atoms with Crippen LogP contribution < -0.4 is 4.90 Å². The van der Waals surface area contributed by atoms with Gasteiger partial charge in [0.05, 0.1) is 0 Å². The van der Waals surface area contributed by atoms with Gasteiger partial charge >= 0.3 is 0 Å².